The van der Waals surface area contributed by atoms with Crippen molar-refractivity contribution in [3.05, 3.63) is 95.5 Å². The van der Waals surface area contributed by atoms with Gasteiger partial charge in [0.25, 0.3) is 5.91 Å². The Morgan fingerprint density at radius 3 is 2.60 bits per heavy atom. The largest absolute Gasteiger partial charge is 0.354 e. The summed E-state index contributed by atoms with van der Waals surface area (Å²) in [4.78, 5) is 43.2. The number of nitrogens with zero attached hydrogens (tertiary/aromatic N) is 2. The number of rotatable bonds is 8. The summed E-state index contributed by atoms with van der Waals surface area (Å²) >= 11 is 0. The zero-order chi connectivity index (χ0) is 25.1. The number of amides is 4. The van der Waals surface area contributed by atoms with Crippen molar-refractivity contribution < 1.29 is 18.8 Å². The highest BCUT2D eigenvalue weighted by molar-refractivity contribution is 6.03. The molecule has 2 N–H and O–H groups in total. The summed E-state index contributed by atoms with van der Waals surface area (Å²) in [7, 11) is 0. The molecule has 0 aromatic heterocycles. The lowest BCUT2D eigenvalue weighted by Gasteiger charge is -2.33. The van der Waals surface area contributed by atoms with Crippen LogP contribution in [-0.4, -0.2) is 47.3 Å². The van der Waals surface area contributed by atoms with Crippen LogP contribution >= 0.6 is 0 Å². The molecule has 8 heteroatoms. The predicted octanol–water partition coefficient (Wildman–Crippen LogP) is 3.69. The average molecular weight is 477 g/mol. The molecule has 0 saturated carbocycles. The molecular formula is C27H29FN4O3. The van der Waals surface area contributed by atoms with E-state index in [0.717, 1.165) is 0 Å². The molecule has 182 valence electrons. The second kappa shape index (κ2) is 10.1. The summed E-state index contributed by atoms with van der Waals surface area (Å²) in [6, 6.07) is 12.8. The number of urea groups is 1. The monoisotopic (exact) mass is 476 g/mol. The number of nitrogens with one attached hydrogen (secondary N) is 2. The van der Waals surface area contributed by atoms with Gasteiger partial charge in [-0.15, -0.1) is 6.58 Å². The second-order valence-electron chi connectivity index (χ2n) is 9.08. The Hall–Kier alpha value is -3.94. The summed E-state index contributed by atoms with van der Waals surface area (Å²) in [6.07, 6.45) is 1.57. The van der Waals surface area contributed by atoms with E-state index in [-0.39, 0.29) is 30.8 Å². The van der Waals surface area contributed by atoms with Gasteiger partial charge < -0.3 is 15.5 Å². The molecule has 0 fully saturated rings. The van der Waals surface area contributed by atoms with Crippen molar-refractivity contribution in [2.75, 3.05) is 19.6 Å². The van der Waals surface area contributed by atoms with Gasteiger partial charge in [-0.1, -0.05) is 62.4 Å². The minimum absolute atomic E-state index is 0.0654. The minimum atomic E-state index is -0.887. The minimum Gasteiger partial charge on any atom is -0.354 e. The van der Waals surface area contributed by atoms with Gasteiger partial charge in [0, 0.05) is 13.1 Å². The van der Waals surface area contributed by atoms with Gasteiger partial charge in [0.15, 0.2) is 0 Å². The van der Waals surface area contributed by atoms with E-state index in [4.69, 9.17) is 0 Å². The third-order valence-corrected chi connectivity index (χ3v) is 6.10. The third kappa shape index (κ3) is 4.82. The highest BCUT2D eigenvalue weighted by Gasteiger charge is 2.47. The zero-order valence-corrected chi connectivity index (χ0v) is 19.8. The molecule has 35 heavy (non-hydrogen) atoms. The van der Waals surface area contributed by atoms with Gasteiger partial charge in [-0.05, 0) is 29.2 Å². The standard InChI is InChI=1S/C27H29FN4O3/c1-4-13-31-21-16-32(24(18-9-6-5-7-10-18)25(33)29-15-17(2)3)26(34)22(21)23(30-27(31)35)19-11-8-12-20(28)14-19/h4-12,14,17,23-24H,1,13,15-16H2,2-3H3,(H,29,33)(H,30,35)/t23-,24+/m1/s1. The van der Waals surface area contributed by atoms with E-state index in [0.29, 0.717) is 28.9 Å². The lowest BCUT2D eigenvalue weighted by atomic mass is 9.95. The number of halogens is 1. The molecule has 4 rings (SSSR count). The Morgan fingerprint density at radius 1 is 1.20 bits per heavy atom. The first-order valence-corrected chi connectivity index (χ1v) is 11.6. The summed E-state index contributed by atoms with van der Waals surface area (Å²) in [6.45, 7) is 8.43. The Labute approximate surface area is 204 Å². The summed E-state index contributed by atoms with van der Waals surface area (Å²) in [5.74, 6) is -0.907. The van der Waals surface area contributed by atoms with Crippen molar-refractivity contribution >= 4 is 17.8 Å². The molecule has 0 spiro atoms. The van der Waals surface area contributed by atoms with Crippen LogP contribution in [0.15, 0.2) is 78.5 Å². The average Bonchev–Trinajstić information content (AvgIpc) is 3.17. The van der Waals surface area contributed by atoms with Gasteiger partial charge in [0.2, 0.25) is 5.91 Å². The fourth-order valence-electron chi connectivity index (χ4n) is 4.49. The van der Waals surface area contributed by atoms with Crippen LogP contribution in [0.4, 0.5) is 9.18 Å². The number of hydrogen-bond donors (Lipinski definition) is 2. The van der Waals surface area contributed by atoms with Crippen LogP contribution in [0.5, 0.6) is 0 Å². The first-order chi connectivity index (χ1) is 16.8. The third-order valence-electron chi connectivity index (χ3n) is 6.10. The van der Waals surface area contributed by atoms with Crippen molar-refractivity contribution in [2.24, 2.45) is 5.92 Å². The van der Waals surface area contributed by atoms with Gasteiger partial charge in [-0.2, -0.15) is 0 Å². The zero-order valence-electron chi connectivity index (χ0n) is 19.8. The molecule has 7 nitrogen and oxygen atoms in total. The Balaban J connectivity index is 1.77. The second-order valence-corrected chi connectivity index (χ2v) is 9.08. The lowest BCUT2D eigenvalue weighted by Crippen LogP contribution is -2.47. The molecule has 0 unspecified atom stereocenters. The first-order valence-electron chi connectivity index (χ1n) is 11.6. The molecule has 2 aliphatic rings. The molecule has 2 aromatic rings. The maximum absolute atomic E-state index is 14.0. The quantitative estimate of drug-likeness (QED) is 0.571. The van der Waals surface area contributed by atoms with E-state index in [9.17, 15) is 18.8 Å². The molecular weight excluding hydrogens is 447 g/mol. The number of carbonyl (C=O) groups excluding carboxylic acids is 3. The highest BCUT2D eigenvalue weighted by Crippen LogP contribution is 2.39. The van der Waals surface area contributed by atoms with E-state index in [1.54, 1.807) is 24.3 Å². The molecule has 4 amide bonds. The predicted molar refractivity (Wildman–Crippen MR) is 130 cm³/mol. The van der Waals surface area contributed by atoms with E-state index < -0.39 is 23.9 Å². The fourth-order valence-corrected chi connectivity index (χ4v) is 4.49. The van der Waals surface area contributed by atoms with E-state index >= 15 is 0 Å². The maximum Gasteiger partial charge on any atom is 0.322 e. The molecule has 2 atom stereocenters. The van der Waals surface area contributed by atoms with Crippen molar-refractivity contribution in [2.45, 2.75) is 25.9 Å². The van der Waals surface area contributed by atoms with E-state index in [1.807, 2.05) is 32.0 Å². The SMILES string of the molecule is C=CCN1C(=O)N[C@H](c2cccc(F)c2)C2=C1CN([C@H](C(=O)NCC(C)C)c1ccccc1)C2=O. The molecule has 2 aromatic carbocycles. The van der Waals surface area contributed by atoms with Crippen molar-refractivity contribution in [3.8, 4) is 0 Å². The summed E-state index contributed by atoms with van der Waals surface area (Å²) in [5, 5.41) is 5.77. The molecule has 0 bridgehead atoms. The lowest BCUT2D eigenvalue weighted by molar-refractivity contribution is -0.136. The Kier molecular flexibility index (Phi) is 7.00. The van der Waals surface area contributed by atoms with Crippen LogP contribution in [0.25, 0.3) is 0 Å². The summed E-state index contributed by atoms with van der Waals surface area (Å²) in [5.41, 5.74) is 1.94. The number of benzene rings is 2. The fraction of sp³-hybridized carbons (Fsp3) is 0.296. The maximum atomic E-state index is 14.0. The normalized spacial score (nSPS) is 18.5. The molecule has 2 heterocycles. The summed E-state index contributed by atoms with van der Waals surface area (Å²) < 4.78 is 14.0. The Bertz CT molecular complexity index is 1180. The van der Waals surface area contributed by atoms with Gasteiger partial charge in [0.05, 0.1) is 23.9 Å². The molecule has 0 saturated heterocycles. The van der Waals surface area contributed by atoms with E-state index in [2.05, 4.69) is 17.2 Å². The smallest absolute Gasteiger partial charge is 0.322 e. The van der Waals surface area contributed by atoms with Gasteiger partial charge in [-0.25, -0.2) is 9.18 Å². The van der Waals surface area contributed by atoms with Crippen LogP contribution in [-0.2, 0) is 9.59 Å². The van der Waals surface area contributed by atoms with Crippen LogP contribution in [0.1, 0.15) is 37.1 Å². The number of carbonyl (C=O) groups is 3. The van der Waals surface area contributed by atoms with Gasteiger partial charge in [-0.3, -0.25) is 14.5 Å². The molecule has 0 aliphatic carbocycles. The van der Waals surface area contributed by atoms with Gasteiger partial charge in [0.1, 0.15) is 11.9 Å². The topological polar surface area (TPSA) is 81.8 Å². The number of hydrogen-bond acceptors (Lipinski definition) is 3. The van der Waals surface area contributed by atoms with E-state index in [1.165, 1.54) is 28.0 Å². The van der Waals surface area contributed by atoms with Crippen molar-refractivity contribution in [1.29, 1.82) is 0 Å². The van der Waals surface area contributed by atoms with Crippen LogP contribution < -0.4 is 10.6 Å². The van der Waals surface area contributed by atoms with Crippen LogP contribution in [0.3, 0.4) is 0 Å². The van der Waals surface area contributed by atoms with Crippen molar-refractivity contribution in [1.82, 2.24) is 20.4 Å². The highest BCUT2D eigenvalue weighted by atomic mass is 19.1. The van der Waals surface area contributed by atoms with Crippen molar-refractivity contribution in [3.63, 3.8) is 0 Å². The van der Waals surface area contributed by atoms with Crippen LogP contribution in [0.2, 0.25) is 0 Å². The molecule has 0 radical (unpaired) electrons. The molecule has 2 aliphatic heterocycles. The Morgan fingerprint density at radius 2 is 1.94 bits per heavy atom. The van der Waals surface area contributed by atoms with Gasteiger partial charge >= 0.3 is 6.03 Å². The van der Waals surface area contributed by atoms with Crippen LogP contribution in [0, 0.1) is 11.7 Å². The first kappa shape index (κ1) is 24.2.